The summed E-state index contributed by atoms with van der Waals surface area (Å²) < 4.78 is 5.40. The Kier molecular flexibility index (Phi) is 6.24. The van der Waals surface area contributed by atoms with E-state index < -0.39 is 0 Å². The zero-order chi connectivity index (χ0) is 13.4. The lowest BCUT2D eigenvalue weighted by molar-refractivity contribution is 0.286. The van der Waals surface area contributed by atoms with Crippen LogP contribution in [0.3, 0.4) is 0 Å². The highest BCUT2D eigenvalue weighted by molar-refractivity contribution is 5.31. The molecule has 0 aromatic heterocycles. The predicted octanol–water partition coefficient (Wildman–Crippen LogP) is 3.38. The van der Waals surface area contributed by atoms with E-state index in [4.69, 9.17) is 4.74 Å². The zero-order valence-corrected chi connectivity index (χ0v) is 11.5. The molecule has 0 N–H and O–H groups in total. The summed E-state index contributed by atoms with van der Waals surface area (Å²) in [5, 5.41) is 9.30. The molecule has 0 aliphatic carbocycles. The molecule has 0 heterocycles. The average Bonchev–Trinajstić information content (AvgIpc) is 2.39. The SMILES string of the molecule is CCCCN(C)C(C#N)c1ccc(OCC)cc1. The van der Waals surface area contributed by atoms with Gasteiger partial charge in [-0.1, -0.05) is 25.5 Å². The fourth-order valence-electron chi connectivity index (χ4n) is 1.88. The molecule has 0 saturated carbocycles. The minimum absolute atomic E-state index is 0.174. The standard InChI is InChI=1S/C15H22N2O/c1-4-6-11-17(3)15(12-16)13-7-9-14(10-8-13)18-5-2/h7-10,15H,4-6,11H2,1-3H3. The highest BCUT2D eigenvalue weighted by atomic mass is 16.5. The molecule has 1 aromatic rings. The molecule has 18 heavy (non-hydrogen) atoms. The van der Waals surface area contributed by atoms with Gasteiger partial charge in [0.1, 0.15) is 11.8 Å². The van der Waals surface area contributed by atoms with Gasteiger partial charge >= 0.3 is 0 Å². The summed E-state index contributed by atoms with van der Waals surface area (Å²) in [6.07, 6.45) is 2.26. The van der Waals surface area contributed by atoms with Gasteiger partial charge in [0, 0.05) is 0 Å². The van der Waals surface area contributed by atoms with Crippen LogP contribution in [0.2, 0.25) is 0 Å². The van der Waals surface area contributed by atoms with E-state index in [1.807, 2.05) is 38.2 Å². The number of nitrogens with zero attached hydrogens (tertiary/aromatic N) is 2. The average molecular weight is 246 g/mol. The summed E-state index contributed by atoms with van der Waals surface area (Å²) in [5.41, 5.74) is 1.03. The minimum atomic E-state index is -0.174. The van der Waals surface area contributed by atoms with Gasteiger partial charge in [0.2, 0.25) is 0 Å². The number of hydrogen-bond acceptors (Lipinski definition) is 3. The van der Waals surface area contributed by atoms with Crippen LogP contribution in [0.5, 0.6) is 5.75 Å². The Morgan fingerprint density at radius 2 is 1.94 bits per heavy atom. The second-order valence-electron chi connectivity index (χ2n) is 4.37. The Morgan fingerprint density at radius 1 is 1.28 bits per heavy atom. The van der Waals surface area contributed by atoms with Crippen molar-refractivity contribution in [1.29, 1.82) is 5.26 Å². The first-order valence-corrected chi connectivity index (χ1v) is 6.55. The van der Waals surface area contributed by atoms with Crippen molar-refractivity contribution in [3.05, 3.63) is 29.8 Å². The van der Waals surface area contributed by atoms with E-state index in [1.165, 1.54) is 0 Å². The first-order chi connectivity index (χ1) is 8.72. The van der Waals surface area contributed by atoms with Crippen molar-refractivity contribution in [2.75, 3.05) is 20.2 Å². The summed E-state index contributed by atoms with van der Waals surface area (Å²) in [6.45, 7) is 5.73. The smallest absolute Gasteiger partial charge is 0.123 e. The van der Waals surface area contributed by atoms with E-state index in [9.17, 15) is 5.26 Å². The number of ether oxygens (including phenoxy) is 1. The van der Waals surface area contributed by atoms with E-state index in [-0.39, 0.29) is 6.04 Å². The van der Waals surface area contributed by atoms with Gasteiger partial charge < -0.3 is 4.74 Å². The molecule has 0 spiro atoms. The van der Waals surface area contributed by atoms with Gasteiger partial charge in [-0.15, -0.1) is 0 Å². The van der Waals surface area contributed by atoms with Crippen LogP contribution in [-0.2, 0) is 0 Å². The van der Waals surface area contributed by atoms with Crippen molar-refractivity contribution in [2.24, 2.45) is 0 Å². The molecule has 1 unspecified atom stereocenters. The largest absolute Gasteiger partial charge is 0.494 e. The molecular weight excluding hydrogens is 224 g/mol. The molecule has 0 amide bonds. The third-order valence-corrected chi connectivity index (χ3v) is 2.93. The first-order valence-electron chi connectivity index (χ1n) is 6.55. The molecule has 3 heteroatoms. The second-order valence-corrected chi connectivity index (χ2v) is 4.37. The van der Waals surface area contributed by atoms with Crippen molar-refractivity contribution in [3.8, 4) is 11.8 Å². The molecule has 3 nitrogen and oxygen atoms in total. The normalized spacial score (nSPS) is 12.2. The molecule has 1 aromatic carbocycles. The third-order valence-electron chi connectivity index (χ3n) is 2.93. The number of benzene rings is 1. The van der Waals surface area contributed by atoms with Crippen molar-refractivity contribution in [2.45, 2.75) is 32.7 Å². The molecule has 0 fully saturated rings. The quantitative estimate of drug-likeness (QED) is 0.740. The van der Waals surface area contributed by atoms with Gasteiger partial charge in [-0.05, 0) is 44.6 Å². The molecule has 0 radical (unpaired) electrons. The van der Waals surface area contributed by atoms with Gasteiger partial charge in [0.05, 0.1) is 12.7 Å². The fraction of sp³-hybridized carbons (Fsp3) is 0.533. The van der Waals surface area contributed by atoms with E-state index in [0.717, 1.165) is 30.7 Å². The molecule has 0 aliphatic rings. The monoisotopic (exact) mass is 246 g/mol. The van der Waals surface area contributed by atoms with Crippen molar-refractivity contribution < 1.29 is 4.74 Å². The summed E-state index contributed by atoms with van der Waals surface area (Å²) >= 11 is 0. The van der Waals surface area contributed by atoms with E-state index in [2.05, 4.69) is 17.9 Å². The lowest BCUT2D eigenvalue weighted by atomic mass is 10.1. The number of unbranched alkanes of at least 4 members (excludes halogenated alkanes) is 1. The Labute approximate surface area is 110 Å². The number of nitriles is 1. The Hall–Kier alpha value is -1.53. The van der Waals surface area contributed by atoms with Crippen LogP contribution in [0.25, 0.3) is 0 Å². The van der Waals surface area contributed by atoms with Crippen molar-refractivity contribution >= 4 is 0 Å². The van der Waals surface area contributed by atoms with E-state index in [1.54, 1.807) is 0 Å². The molecule has 0 aliphatic heterocycles. The number of rotatable bonds is 7. The summed E-state index contributed by atoms with van der Waals surface area (Å²) in [7, 11) is 2.00. The first kappa shape index (κ1) is 14.5. The Balaban J connectivity index is 2.73. The zero-order valence-electron chi connectivity index (χ0n) is 11.5. The lowest BCUT2D eigenvalue weighted by Crippen LogP contribution is -2.24. The van der Waals surface area contributed by atoms with Crippen LogP contribution in [0.1, 0.15) is 38.3 Å². The fourth-order valence-corrected chi connectivity index (χ4v) is 1.88. The maximum Gasteiger partial charge on any atom is 0.123 e. The predicted molar refractivity (Wildman–Crippen MR) is 73.5 cm³/mol. The van der Waals surface area contributed by atoms with Gasteiger partial charge in [-0.25, -0.2) is 0 Å². The van der Waals surface area contributed by atoms with E-state index >= 15 is 0 Å². The van der Waals surface area contributed by atoms with E-state index in [0.29, 0.717) is 6.61 Å². The summed E-state index contributed by atoms with van der Waals surface area (Å²) in [6, 6.07) is 9.99. The van der Waals surface area contributed by atoms with Gasteiger partial charge in [0.15, 0.2) is 0 Å². The highest BCUT2D eigenvalue weighted by Crippen LogP contribution is 2.21. The molecule has 98 valence electrons. The van der Waals surface area contributed by atoms with Crippen LogP contribution >= 0.6 is 0 Å². The number of hydrogen-bond donors (Lipinski definition) is 0. The van der Waals surface area contributed by atoms with Gasteiger partial charge in [-0.2, -0.15) is 5.26 Å². The summed E-state index contributed by atoms with van der Waals surface area (Å²) in [4.78, 5) is 2.10. The topological polar surface area (TPSA) is 36.3 Å². The molecule has 1 rings (SSSR count). The van der Waals surface area contributed by atoms with Crippen LogP contribution in [0.15, 0.2) is 24.3 Å². The second kappa shape index (κ2) is 7.73. The van der Waals surface area contributed by atoms with Crippen LogP contribution in [-0.4, -0.2) is 25.1 Å². The van der Waals surface area contributed by atoms with Gasteiger partial charge in [0.25, 0.3) is 0 Å². The van der Waals surface area contributed by atoms with Gasteiger partial charge in [-0.3, -0.25) is 4.90 Å². The maximum absolute atomic E-state index is 9.30. The maximum atomic E-state index is 9.30. The lowest BCUT2D eigenvalue weighted by Gasteiger charge is -2.22. The third kappa shape index (κ3) is 4.05. The molecule has 0 saturated heterocycles. The Morgan fingerprint density at radius 3 is 2.44 bits per heavy atom. The highest BCUT2D eigenvalue weighted by Gasteiger charge is 2.15. The molecule has 1 atom stereocenters. The Bertz CT molecular complexity index is 380. The van der Waals surface area contributed by atoms with Crippen molar-refractivity contribution in [1.82, 2.24) is 4.90 Å². The van der Waals surface area contributed by atoms with Crippen LogP contribution in [0.4, 0.5) is 0 Å². The molecular formula is C15H22N2O. The minimum Gasteiger partial charge on any atom is -0.494 e. The molecule has 0 bridgehead atoms. The summed E-state index contributed by atoms with van der Waals surface area (Å²) in [5.74, 6) is 0.856. The van der Waals surface area contributed by atoms with Crippen molar-refractivity contribution in [3.63, 3.8) is 0 Å². The van der Waals surface area contributed by atoms with Crippen LogP contribution in [0, 0.1) is 11.3 Å². The van der Waals surface area contributed by atoms with Crippen LogP contribution < -0.4 is 4.74 Å².